The second-order valence-electron chi connectivity index (χ2n) is 6.44. The zero-order valence-corrected chi connectivity index (χ0v) is 16.4. The number of aliphatic hydroxyl groups excluding tert-OH is 1. The molecule has 3 atom stereocenters. The molecule has 27 heavy (non-hydrogen) atoms. The minimum absolute atomic E-state index is 0.148. The minimum Gasteiger partial charge on any atom is -0.493 e. The molecule has 0 aromatic heterocycles. The molecule has 0 fully saturated rings. The lowest BCUT2D eigenvalue weighted by Gasteiger charge is -2.28. The molecule has 144 valence electrons. The molecule has 3 N–H and O–H groups in total. The Balaban J connectivity index is 1.67. The molecule has 0 spiro atoms. The predicted molar refractivity (Wildman–Crippen MR) is 105 cm³/mol. The average Bonchev–Trinajstić information content (AvgIpc) is 2.72. The van der Waals surface area contributed by atoms with Crippen molar-refractivity contribution in [3.63, 3.8) is 0 Å². The van der Waals surface area contributed by atoms with Gasteiger partial charge in [0.2, 0.25) is 5.91 Å². The van der Waals surface area contributed by atoms with Crippen LogP contribution >= 0.6 is 11.9 Å². The van der Waals surface area contributed by atoms with E-state index in [0.29, 0.717) is 17.9 Å². The lowest BCUT2D eigenvalue weighted by molar-refractivity contribution is -0.124. The molecule has 0 saturated carbocycles. The molecule has 0 saturated heterocycles. The third-order valence-electron chi connectivity index (χ3n) is 4.60. The molecular formula is C20H24N2O4S. The molecule has 1 heterocycles. The lowest BCUT2D eigenvalue weighted by Crippen LogP contribution is -2.48. The van der Waals surface area contributed by atoms with Gasteiger partial charge in [0, 0.05) is 4.90 Å². The lowest BCUT2D eigenvalue weighted by atomic mass is 10.0. The average molecular weight is 388 g/mol. The van der Waals surface area contributed by atoms with Gasteiger partial charge in [0.1, 0.15) is 6.04 Å². The van der Waals surface area contributed by atoms with E-state index in [2.05, 4.69) is 10.0 Å². The van der Waals surface area contributed by atoms with Crippen molar-refractivity contribution in [3.05, 3.63) is 53.6 Å². The number of hydrogen-bond donors (Lipinski definition) is 3. The number of amides is 1. The summed E-state index contributed by atoms with van der Waals surface area (Å²) in [6.07, 6.45) is -0.231. The Kier molecular flexibility index (Phi) is 6.26. The predicted octanol–water partition coefficient (Wildman–Crippen LogP) is 2.46. The quantitative estimate of drug-likeness (QED) is 0.660. The zero-order chi connectivity index (χ0) is 19.4. The number of carbonyl (C=O) groups is 1. The summed E-state index contributed by atoms with van der Waals surface area (Å²) in [5.41, 5.74) is 1.80. The van der Waals surface area contributed by atoms with Crippen molar-refractivity contribution < 1.29 is 19.4 Å². The number of rotatable bonds is 6. The molecule has 1 aliphatic rings. The number of ether oxygens (including phenoxy) is 2. The topological polar surface area (TPSA) is 79.8 Å². The fourth-order valence-corrected chi connectivity index (χ4v) is 3.94. The summed E-state index contributed by atoms with van der Waals surface area (Å²) in [7, 11) is 3.19. The highest BCUT2D eigenvalue weighted by Gasteiger charge is 2.28. The number of nitrogens with one attached hydrogen (secondary N) is 2. The fourth-order valence-electron chi connectivity index (χ4n) is 3.04. The molecule has 2 unspecified atom stereocenters. The maximum Gasteiger partial charge on any atom is 0.238 e. The van der Waals surface area contributed by atoms with Crippen molar-refractivity contribution in [1.29, 1.82) is 0 Å². The van der Waals surface area contributed by atoms with E-state index in [-0.39, 0.29) is 5.91 Å². The van der Waals surface area contributed by atoms with Gasteiger partial charge >= 0.3 is 0 Å². The van der Waals surface area contributed by atoms with Crippen LogP contribution < -0.4 is 19.5 Å². The second kappa shape index (κ2) is 8.65. The van der Waals surface area contributed by atoms with E-state index in [9.17, 15) is 9.90 Å². The fraction of sp³-hybridized carbons (Fsp3) is 0.350. The van der Waals surface area contributed by atoms with E-state index >= 15 is 0 Å². The second-order valence-corrected chi connectivity index (χ2v) is 7.32. The van der Waals surface area contributed by atoms with Gasteiger partial charge in [-0.3, -0.25) is 4.79 Å². The summed E-state index contributed by atoms with van der Waals surface area (Å²) in [5.74, 6) is 1.16. The van der Waals surface area contributed by atoms with Crippen molar-refractivity contribution in [2.75, 3.05) is 14.2 Å². The van der Waals surface area contributed by atoms with Crippen LogP contribution in [-0.4, -0.2) is 37.3 Å². The highest BCUT2D eigenvalue weighted by molar-refractivity contribution is 7.97. The molecular weight excluding hydrogens is 364 g/mol. The van der Waals surface area contributed by atoms with Crippen LogP contribution in [0.5, 0.6) is 11.5 Å². The first-order valence-electron chi connectivity index (χ1n) is 8.74. The number of aliphatic hydroxyl groups is 1. The summed E-state index contributed by atoms with van der Waals surface area (Å²) in [6, 6.07) is 12.3. The number of carbonyl (C=O) groups excluding carboxylic acids is 1. The highest BCUT2D eigenvalue weighted by Crippen LogP contribution is 2.37. The van der Waals surface area contributed by atoms with Crippen LogP contribution in [0.3, 0.4) is 0 Å². The number of methoxy groups -OCH3 is 2. The van der Waals surface area contributed by atoms with E-state index in [0.717, 1.165) is 16.0 Å². The van der Waals surface area contributed by atoms with Crippen molar-refractivity contribution in [1.82, 2.24) is 10.0 Å². The van der Waals surface area contributed by atoms with E-state index in [1.165, 1.54) is 11.9 Å². The number of fused-ring (bicyclic) bond motifs is 1. The maximum absolute atomic E-state index is 12.7. The number of hydrogen-bond acceptors (Lipinski definition) is 6. The Morgan fingerprint density at radius 2 is 1.89 bits per heavy atom. The van der Waals surface area contributed by atoms with Crippen molar-refractivity contribution in [2.45, 2.75) is 36.4 Å². The molecule has 3 rings (SSSR count). The van der Waals surface area contributed by atoms with Crippen LogP contribution in [-0.2, 0) is 11.2 Å². The van der Waals surface area contributed by atoms with Crippen molar-refractivity contribution in [3.8, 4) is 11.5 Å². The van der Waals surface area contributed by atoms with Crippen LogP contribution in [0.15, 0.2) is 47.4 Å². The van der Waals surface area contributed by atoms with E-state index in [4.69, 9.17) is 9.47 Å². The molecule has 2 aromatic carbocycles. The Bertz CT molecular complexity index is 800. The zero-order valence-electron chi connectivity index (χ0n) is 15.6. The maximum atomic E-state index is 12.7. The normalized spacial score (nSPS) is 18.1. The molecule has 0 aliphatic carbocycles. The summed E-state index contributed by atoms with van der Waals surface area (Å²) in [4.78, 5) is 13.7. The van der Waals surface area contributed by atoms with Crippen molar-refractivity contribution in [2.24, 2.45) is 0 Å². The SMILES string of the molecule is COc1cc2c(cc1OC)SNC(C(=O)N[C@@H](C)C(O)c1ccccc1)C2. The molecule has 7 heteroatoms. The van der Waals surface area contributed by atoms with Crippen LogP contribution in [0.2, 0.25) is 0 Å². The molecule has 1 amide bonds. The Labute approximate surface area is 163 Å². The Morgan fingerprint density at radius 3 is 2.56 bits per heavy atom. The van der Waals surface area contributed by atoms with E-state index in [1.807, 2.05) is 42.5 Å². The van der Waals surface area contributed by atoms with Gasteiger partial charge in [-0.2, -0.15) is 0 Å². The summed E-state index contributed by atoms with van der Waals surface area (Å²) < 4.78 is 13.9. The molecule has 6 nitrogen and oxygen atoms in total. The monoisotopic (exact) mass is 388 g/mol. The standard InChI is InChI=1S/C20H24N2O4S/c1-12(19(23)13-7-5-4-6-8-13)21-20(24)15-9-14-10-16(25-2)17(26-3)11-18(14)27-22-15/h4-8,10-12,15,19,22-23H,9H2,1-3H3,(H,21,24)/t12-,15?,19?/m0/s1. The first-order chi connectivity index (χ1) is 13.0. The minimum atomic E-state index is -0.761. The van der Waals surface area contributed by atoms with Gasteiger partial charge in [0.25, 0.3) is 0 Å². The van der Waals surface area contributed by atoms with Gasteiger partial charge in [0.15, 0.2) is 11.5 Å². The largest absolute Gasteiger partial charge is 0.493 e. The van der Waals surface area contributed by atoms with Gasteiger partial charge < -0.3 is 19.9 Å². The van der Waals surface area contributed by atoms with E-state index in [1.54, 1.807) is 21.1 Å². The summed E-state index contributed by atoms with van der Waals surface area (Å²) >= 11 is 1.40. The third kappa shape index (κ3) is 4.37. The van der Waals surface area contributed by atoms with Gasteiger partial charge in [-0.1, -0.05) is 30.3 Å². The first-order valence-corrected chi connectivity index (χ1v) is 9.55. The molecule has 0 bridgehead atoms. The summed E-state index contributed by atoms with van der Waals surface area (Å²) in [5, 5.41) is 13.4. The van der Waals surface area contributed by atoms with E-state index < -0.39 is 18.2 Å². The Hall–Kier alpha value is -2.22. The van der Waals surface area contributed by atoms with Gasteiger partial charge in [0.05, 0.1) is 26.4 Å². The molecule has 0 radical (unpaired) electrons. The summed E-state index contributed by atoms with van der Waals surface area (Å²) in [6.45, 7) is 1.80. The van der Waals surface area contributed by atoms with Gasteiger partial charge in [-0.25, -0.2) is 4.72 Å². The van der Waals surface area contributed by atoms with Crippen molar-refractivity contribution >= 4 is 17.9 Å². The van der Waals surface area contributed by atoms with Crippen LogP contribution in [0, 0.1) is 0 Å². The van der Waals surface area contributed by atoms with Crippen LogP contribution in [0.25, 0.3) is 0 Å². The molecule has 2 aromatic rings. The first kappa shape index (κ1) is 19.5. The highest BCUT2D eigenvalue weighted by atomic mass is 32.2. The molecule has 1 aliphatic heterocycles. The van der Waals surface area contributed by atoms with Crippen LogP contribution in [0.1, 0.15) is 24.2 Å². The van der Waals surface area contributed by atoms with Gasteiger partial charge in [-0.15, -0.1) is 0 Å². The smallest absolute Gasteiger partial charge is 0.238 e. The third-order valence-corrected chi connectivity index (χ3v) is 5.61. The van der Waals surface area contributed by atoms with Crippen LogP contribution in [0.4, 0.5) is 0 Å². The van der Waals surface area contributed by atoms with Gasteiger partial charge in [-0.05, 0) is 48.6 Å². The number of benzene rings is 2. The Morgan fingerprint density at radius 1 is 1.22 bits per heavy atom.